The van der Waals surface area contributed by atoms with Gasteiger partial charge in [0.15, 0.2) is 0 Å². The molecule has 1 saturated heterocycles. The summed E-state index contributed by atoms with van der Waals surface area (Å²) in [7, 11) is 2.10. The van der Waals surface area contributed by atoms with Crippen LogP contribution in [0.5, 0.6) is 0 Å². The predicted octanol–water partition coefficient (Wildman–Crippen LogP) is 0.102. The van der Waals surface area contributed by atoms with E-state index in [9.17, 15) is 4.79 Å². The molecule has 0 aliphatic carbocycles. The summed E-state index contributed by atoms with van der Waals surface area (Å²) in [6, 6.07) is 0. The summed E-state index contributed by atoms with van der Waals surface area (Å²) in [6.07, 6.45) is 2.09. The molecule has 0 bridgehead atoms. The summed E-state index contributed by atoms with van der Waals surface area (Å²) in [5.41, 5.74) is 0. The van der Waals surface area contributed by atoms with Crippen LogP contribution in [0.25, 0.3) is 0 Å². The average molecular weight is 245 g/mol. The van der Waals surface area contributed by atoms with E-state index in [1.165, 1.54) is 0 Å². The first-order valence-corrected chi connectivity index (χ1v) is 7.12. The summed E-state index contributed by atoms with van der Waals surface area (Å²) < 4.78 is 0. The Kier molecular flexibility index (Phi) is 6.16. The van der Waals surface area contributed by atoms with Crippen molar-refractivity contribution >= 4 is 17.7 Å². The van der Waals surface area contributed by atoms with Crippen LogP contribution in [-0.4, -0.2) is 73.5 Å². The lowest BCUT2D eigenvalue weighted by Gasteiger charge is -2.32. The quantitative estimate of drug-likeness (QED) is 0.745. The Labute approximate surface area is 103 Å². The Morgan fingerprint density at radius 1 is 1.38 bits per heavy atom. The van der Waals surface area contributed by atoms with Gasteiger partial charge in [-0.3, -0.25) is 4.79 Å². The first kappa shape index (κ1) is 13.8. The van der Waals surface area contributed by atoms with Gasteiger partial charge < -0.3 is 15.1 Å². The number of likely N-dealkylation sites (N-methyl/N-ethyl adjacent to an activating group) is 1. The number of thioether (sulfide) groups is 1. The number of piperazine rings is 1. The standard InChI is InChI=1S/C11H23N3OS/c1-10(16-3)8-12-9-11(15)14-6-4-13(2)5-7-14/h10,12H,4-9H2,1-3H3. The average Bonchev–Trinajstić information content (AvgIpc) is 2.29. The third-order valence-electron chi connectivity index (χ3n) is 2.97. The van der Waals surface area contributed by atoms with Crippen molar-refractivity contribution in [1.82, 2.24) is 15.1 Å². The number of hydrogen-bond donors (Lipinski definition) is 1. The van der Waals surface area contributed by atoms with E-state index in [1.807, 2.05) is 16.7 Å². The largest absolute Gasteiger partial charge is 0.339 e. The zero-order chi connectivity index (χ0) is 12.0. The smallest absolute Gasteiger partial charge is 0.236 e. The zero-order valence-electron chi connectivity index (χ0n) is 10.5. The predicted molar refractivity (Wildman–Crippen MR) is 69.9 cm³/mol. The van der Waals surface area contributed by atoms with Crippen LogP contribution in [0, 0.1) is 0 Å². The summed E-state index contributed by atoms with van der Waals surface area (Å²) in [6.45, 7) is 7.28. The van der Waals surface area contributed by atoms with Crippen LogP contribution in [-0.2, 0) is 4.79 Å². The van der Waals surface area contributed by atoms with Crippen LogP contribution >= 0.6 is 11.8 Å². The van der Waals surface area contributed by atoms with E-state index in [-0.39, 0.29) is 5.91 Å². The van der Waals surface area contributed by atoms with Gasteiger partial charge in [0.25, 0.3) is 0 Å². The first-order chi connectivity index (χ1) is 7.63. The molecule has 0 aromatic carbocycles. The maximum Gasteiger partial charge on any atom is 0.236 e. The molecule has 1 atom stereocenters. The topological polar surface area (TPSA) is 35.6 Å². The molecule has 94 valence electrons. The van der Waals surface area contributed by atoms with Crippen LogP contribution in [0.3, 0.4) is 0 Å². The van der Waals surface area contributed by atoms with E-state index >= 15 is 0 Å². The van der Waals surface area contributed by atoms with Gasteiger partial charge in [-0.25, -0.2) is 0 Å². The Balaban J connectivity index is 2.15. The van der Waals surface area contributed by atoms with Gasteiger partial charge in [0.1, 0.15) is 0 Å². The van der Waals surface area contributed by atoms with Gasteiger partial charge in [-0.05, 0) is 13.3 Å². The molecule has 0 spiro atoms. The fourth-order valence-corrected chi connectivity index (χ4v) is 1.92. The van der Waals surface area contributed by atoms with Crippen molar-refractivity contribution < 1.29 is 4.79 Å². The maximum absolute atomic E-state index is 11.8. The second-order valence-corrected chi connectivity index (χ2v) is 5.64. The second-order valence-electron chi connectivity index (χ2n) is 4.36. The minimum absolute atomic E-state index is 0.237. The van der Waals surface area contributed by atoms with Crippen molar-refractivity contribution in [3.8, 4) is 0 Å². The highest BCUT2D eigenvalue weighted by atomic mass is 32.2. The lowest BCUT2D eigenvalue weighted by atomic mass is 10.3. The number of hydrogen-bond acceptors (Lipinski definition) is 4. The van der Waals surface area contributed by atoms with Crippen LogP contribution in [0.4, 0.5) is 0 Å². The lowest BCUT2D eigenvalue weighted by molar-refractivity contribution is -0.131. The van der Waals surface area contributed by atoms with Gasteiger partial charge in [-0.1, -0.05) is 6.92 Å². The Hall–Kier alpha value is -0.260. The number of carbonyl (C=O) groups is 1. The van der Waals surface area contributed by atoms with Crippen LogP contribution in [0.1, 0.15) is 6.92 Å². The highest BCUT2D eigenvalue weighted by molar-refractivity contribution is 7.99. The molecule has 0 saturated carbocycles. The lowest BCUT2D eigenvalue weighted by Crippen LogP contribution is -2.49. The molecule has 1 amide bonds. The Morgan fingerprint density at radius 2 is 2.00 bits per heavy atom. The summed E-state index contributed by atoms with van der Waals surface area (Å²) in [4.78, 5) is 16.0. The SMILES string of the molecule is CSC(C)CNCC(=O)N1CCN(C)CC1. The first-order valence-electron chi connectivity index (χ1n) is 5.83. The number of amides is 1. The molecule has 1 fully saturated rings. The molecule has 0 aromatic heterocycles. The number of nitrogens with one attached hydrogen (secondary N) is 1. The van der Waals surface area contributed by atoms with Gasteiger partial charge in [0.2, 0.25) is 5.91 Å². The third-order valence-corrected chi connectivity index (χ3v) is 3.94. The number of nitrogens with zero attached hydrogens (tertiary/aromatic N) is 2. The molecule has 1 aliphatic heterocycles. The highest BCUT2D eigenvalue weighted by Gasteiger charge is 2.18. The number of rotatable bonds is 5. The van der Waals surface area contributed by atoms with Crippen LogP contribution in [0.2, 0.25) is 0 Å². The molecule has 1 unspecified atom stereocenters. The van der Waals surface area contributed by atoms with E-state index in [4.69, 9.17) is 0 Å². The van der Waals surface area contributed by atoms with Gasteiger partial charge in [0, 0.05) is 38.0 Å². The monoisotopic (exact) mass is 245 g/mol. The van der Waals surface area contributed by atoms with Crippen molar-refractivity contribution in [2.24, 2.45) is 0 Å². The van der Waals surface area contributed by atoms with Crippen molar-refractivity contribution in [3.63, 3.8) is 0 Å². The maximum atomic E-state index is 11.8. The van der Waals surface area contributed by atoms with Crippen molar-refractivity contribution in [3.05, 3.63) is 0 Å². The van der Waals surface area contributed by atoms with E-state index in [0.717, 1.165) is 32.7 Å². The normalized spacial score (nSPS) is 19.8. The molecule has 1 heterocycles. The van der Waals surface area contributed by atoms with E-state index < -0.39 is 0 Å². The minimum Gasteiger partial charge on any atom is -0.339 e. The second kappa shape index (κ2) is 7.14. The van der Waals surface area contributed by atoms with Gasteiger partial charge in [-0.15, -0.1) is 0 Å². The molecule has 0 aromatic rings. The molecule has 16 heavy (non-hydrogen) atoms. The zero-order valence-corrected chi connectivity index (χ0v) is 11.3. The van der Waals surface area contributed by atoms with Gasteiger partial charge >= 0.3 is 0 Å². The molecule has 1 aliphatic rings. The van der Waals surface area contributed by atoms with Crippen molar-refractivity contribution in [2.45, 2.75) is 12.2 Å². The molecule has 5 heteroatoms. The number of carbonyl (C=O) groups excluding carboxylic acids is 1. The summed E-state index contributed by atoms with van der Waals surface area (Å²) >= 11 is 1.82. The van der Waals surface area contributed by atoms with Crippen molar-refractivity contribution in [2.75, 3.05) is 52.6 Å². The summed E-state index contributed by atoms with van der Waals surface area (Å²) in [5.74, 6) is 0.237. The molecule has 4 nitrogen and oxygen atoms in total. The van der Waals surface area contributed by atoms with Gasteiger partial charge in [-0.2, -0.15) is 11.8 Å². The minimum atomic E-state index is 0.237. The van der Waals surface area contributed by atoms with Crippen LogP contribution < -0.4 is 5.32 Å². The fourth-order valence-electron chi connectivity index (χ4n) is 1.63. The van der Waals surface area contributed by atoms with Crippen molar-refractivity contribution in [1.29, 1.82) is 0 Å². The summed E-state index contributed by atoms with van der Waals surface area (Å²) in [5, 5.41) is 3.79. The molecule has 1 N–H and O–H groups in total. The third kappa shape index (κ3) is 4.72. The van der Waals surface area contributed by atoms with E-state index in [1.54, 1.807) is 0 Å². The Morgan fingerprint density at radius 3 is 2.56 bits per heavy atom. The van der Waals surface area contributed by atoms with Gasteiger partial charge in [0.05, 0.1) is 6.54 Å². The van der Waals surface area contributed by atoms with Crippen LogP contribution in [0.15, 0.2) is 0 Å². The molecular formula is C11H23N3OS. The molecule has 1 rings (SSSR count). The fraction of sp³-hybridized carbons (Fsp3) is 0.909. The van der Waals surface area contributed by atoms with E-state index in [0.29, 0.717) is 11.8 Å². The molecular weight excluding hydrogens is 222 g/mol. The molecule has 0 radical (unpaired) electrons. The van der Waals surface area contributed by atoms with E-state index in [2.05, 4.69) is 30.4 Å². The highest BCUT2D eigenvalue weighted by Crippen LogP contribution is 2.03. The Bertz CT molecular complexity index is 217.